The Morgan fingerprint density at radius 3 is 2.93 bits per heavy atom. The van der Waals surface area contributed by atoms with Gasteiger partial charge >= 0.3 is 0 Å². The molecule has 5 nitrogen and oxygen atoms in total. The SMILES string of the molecule is CCC1CCC(CC(F)c2ncccc2C)N1C(O)c1csc(-c2cn[nH]c2)c1. The molecule has 0 amide bonds. The van der Waals surface area contributed by atoms with Crippen molar-refractivity contribution in [2.75, 3.05) is 0 Å². The quantitative estimate of drug-likeness (QED) is 0.559. The van der Waals surface area contributed by atoms with Gasteiger partial charge in [-0.25, -0.2) is 4.39 Å². The third-order valence-corrected chi connectivity index (χ3v) is 6.95. The van der Waals surface area contributed by atoms with Gasteiger partial charge in [0, 0.05) is 40.5 Å². The monoisotopic (exact) mass is 414 g/mol. The van der Waals surface area contributed by atoms with E-state index in [1.54, 1.807) is 23.7 Å². The molecular weight excluding hydrogens is 387 g/mol. The van der Waals surface area contributed by atoms with Crippen LogP contribution in [0.5, 0.6) is 0 Å². The lowest BCUT2D eigenvalue weighted by molar-refractivity contribution is -0.0394. The molecule has 154 valence electrons. The molecule has 3 aromatic heterocycles. The lowest BCUT2D eigenvalue weighted by Crippen LogP contribution is -2.39. The number of rotatable bonds is 7. The van der Waals surface area contributed by atoms with Gasteiger partial charge < -0.3 is 5.11 Å². The number of H-pyrrole nitrogens is 1. The lowest BCUT2D eigenvalue weighted by Gasteiger charge is -2.34. The van der Waals surface area contributed by atoms with Gasteiger partial charge in [-0.15, -0.1) is 11.3 Å². The van der Waals surface area contributed by atoms with E-state index in [2.05, 4.69) is 27.0 Å². The van der Waals surface area contributed by atoms with Crippen molar-refractivity contribution < 1.29 is 9.50 Å². The van der Waals surface area contributed by atoms with E-state index in [0.717, 1.165) is 40.8 Å². The summed E-state index contributed by atoms with van der Waals surface area (Å²) >= 11 is 1.59. The number of halogens is 1. The number of nitrogens with one attached hydrogen (secondary N) is 1. The van der Waals surface area contributed by atoms with Crippen LogP contribution in [0.25, 0.3) is 10.4 Å². The molecule has 7 heteroatoms. The zero-order valence-corrected chi connectivity index (χ0v) is 17.6. The summed E-state index contributed by atoms with van der Waals surface area (Å²) in [7, 11) is 0. The number of aromatic amines is 1. The van der Waals surface area contributed by atoms with Crippen LogP contribution in [0.4, 0.5) is 4.39 Å². The molecule has 0 aromatic carbocycles. The van der Waals surface area contributed by atoms with E-state index in [4.69, 9.17) is 0 Å². The smallest absolute Gasteiger partial charge is 0.144 e. The molecule has 0 spiro atoms. The summed E-state index contributed by atoms with van der Waals surface area (Å²) in [6.45, 7) is 4.03. The third-order valence-electron chi connectivity index (χ3n) is 5.96. The topological polar surface area (TPSA) is 65.0 Å². The van der Waals surface area contributed by atoms with Gasteiger partial charge in [-0.2, -0.15) is 5.10 Å². The summed E-state index contributed by atoms with van der Waals surface area (Å²) in [6.07, 6.45) is 6.56. The van der Waals surface area contributed by atoms with Crippen LogP contribution in [0, 0.1) is 6.92 Å². The number of aromatic nitrogens is 3. The Hall–Kier alpha value is -2.09. The van der Waals surface area contributed by atoms with E-state index < -0.39 is 12.4 Å². The maximum atomic E-state index is 15.1. The highest BCUT2D eigenvalue weighted by Gasteiger charge is 2.39. The van der Waals surface area contributed by atoms with Gasteiger partial charge in [0.25, 0.3) is 0 Å². The minimum absolute atomic E-state index is 0.0105. The number of nitrogens with zero attached hydrogens (tertiary/aromatic N) is 3. The van der Waals surface area contributed by atoms with Gasteiger partial charge in [0.2, 0.25) is 0 Å². The first-order chi connectivity index (χ1) is 14.1. The van der Waals surface area contributed by atoms with E-state index in [1.165, 1.54) is 0 Å². The fraction of sp³-hybridized carbons (Fsp3) is 0.455. The van der Waals surface area contributed by atoms with Gasteiger partial charge in [-0.1, -0.05) is 13.0 Å². The molecule has 0 bridgehead atoms. The molecule has 4 heterocycles. The zero-order valence-electron chi connectivity index (χ0n) is 16.8. The number of aliphatic hydroxyl groups is 1. The number of alkyl halides is 1. The molecular formula is C22H27FN4OS. The predicted octanol–water partition coefficient (Wildman–Crippen LogP) is 5.18. The van der Waals surface area contributed by atoms with E-state index >= 15 is 4.39 Å². The highest BCUT2D eigenvalue weighted by atomic mass is 32.1. The van der Waals surface area contributed by atoms with Crippen LogP contribution in [-0.2, 0) is 0 Å². The number of hydrogen-bond donors (Lipinski definition) is 2. The molecule has 3 aromatic rings. The standard InChI is InChI=1S/C22H27FN4OS/c1-3-17-6-7-18(10-19(23)21-14(2)5-4-8-24-21)27(17)22(28)15-9-20(29-13-15)16-11-25-26-12-16/h4-5,8-9,11-13,17-19,22,28H,3,6-7,10H2,1-2H3,(H,25,26). The van der Waals surface area contributed by atoms with E-state index in [-0.39, 0.29) is 12.1 Å². The van der Waals surface area contributed by atoms with Crippen molar-refractivity contribution in [3.05, 3.63) is 59.0 Å². The zero-order chi connectivity index (χ0) is 20.4. The molecule has 0 aliphatic carbocycles. The minimum atomic E-state index is -1.13. The lowest BCUT2D eigenvalue weighted by atomic mass is 10.0. The Morgan fingerprint density at radius 1 is 1.38 bits per heavy atom. The highest BCUT2D eigenvalue weighted by molar-refractivity contribution is 7.13. The molecule has 0 radical (unpaired) electrons. The summed E-state index contributed by atoms with van der Waals surface area (Å²) < 4.78 is 15.1. The average molecular weight is 415 g/mol. The first-order valence-corrected chi connectivity index (χ1v) is 11.0. The van der Waals surface area contributed by atoms with Gasteiger partial charge in [-0.05, 0) is 55.7 Å². The van der Waals surface area contributed by atoms with E-state index in [0.29, 0.717) is 12.1 Å². The second-order valence-corrected chi connectivity index (χ2v) is 8.67. The summed E-state index contributed by atoms with van der Waals surface area (Å²) in [5.41, 5.74) is 3.26. The van der Waals surface area contributed by atoms with Crippen molar-refractivity contribution in [2.45, 2.75) is 64.0 Å². The molecule has 1 aliphatic rings. The molecule has 4 rings (SSSR count). The Kier molecular flexibility index (Phi) is 6.08. The molecule has 4 atom stereocenters. The molecule has 2 N–H and O–H groups in total. The normalized spacial score (nSPS) is 22.1. The average Bonchev–Trinajstić information content (AvgIpc) is 3.47. The second kappa shape index (κ2) is 8.73. The summed E-state index contributed by atoms with van der Waals surface area (Å²) in [5.74, 6) is 0. The minimum Gasteiger partial charge on any atom is -0.374 e. The summed E-state index contributed by atoms with van der Waals surface area (Å²) in [4.78, 5) is 7.43. The largest absolute Gasteiger partial charge is 0.374 e. The maximum absolute atomic E-state index is 15.1. The van der Waals surface area contributed by atoms with Crippen LogP contribution in [0.3, 0.4) is 0 Å². The predicted molar refractivity (Wildman–Crippen MR) is 113 cm³/mol. The number of likely N-dealkylation sites (tertiary alicyclic amines) is 1. The first-order valence-electron chi connectivity index (χ1n) is 10.2. The Bertz CT molecular complexity index is 929. The Labute approximate surface area is 174 Å². The van der Waals surface area contributed by atoms with E-state index in [1.807, 2.05) is 36.7 Å². The Balaban J connectivity index is 1.53. The van der Waals surface area contributed by atoms with Crippen molar-refractivity contribution >= 4 is 11.3 Å². The van der Waals surface area contributed by atoms with Crippen molar-refractivity contribution in [3.8, 4) is 10.4 Å². The molecule has 1 aliphatic heterocycles. The molecule has 29 heavy (non-hydrogen) atoms. The number of aliphatic hydroxyl groups excluding tert-OH is 1. The molecule has 1 saturated heterocycles. The first kappa shape index (κ1) is 20.2. The van der Waals surface area contributed by atoms with Gasteiger partial charge in [-0.3, -0.25) is 15.0 Å². The van der Waals surface area contributed by atoms with Gasteiger partial charge in [0.05, 0.1) is 11.9 Å². The summed E-state index contributed by atoms with van der Waals surface area (Å²) in [5, 5.41) is 20.0. The van der Waals surface area contributed by atoms with Crippen LogP contribution in [-0.4, -0.2) is 37.3 Å². The van der Waals surface area contributed by atoms with Crippen molar-refractivity contribution in [2.24, 2.45) is 0 Å². The third kappa shape index (κ3) is 4.13. The number of aryl methyl sites for hydroxylation is 1. The van der Waals surface area contributed by atoms with Crippen LogP contribution >= 0.6 is 11.3 Å². The van der Waals surface area contributed by atoms with E-state index in [9.17, 15) is 5.11 Å². The molecule has 1 fully saturated rings. The van der Waals surface area contributed by atoms with Crippen molar-refractivity contribution in [1.82, 2.24) is 20.1 Å². The van der Waals surface area contributed by atoms with Crippen LogP contribution < -0.4 is 0 Å². The van der Waals surface area contributed by atoms with Gasteiger partial charge in [0.15, 0.2) is 0 Å². The number of thiophene rings is 1. The van der Waals surface area contributed by atoms with Crippen LogP contribution in [0.2, 0.25) is 0 Å². The fourth-order valence-corrected chi connectivity index (χ4v) is 5.31. The Morgan fingerprint density at radius 2 is 2.21 bits per heavy atom. The number of pyridine rings is 1. The summed E-state index contributed by atoms with van der Waals surface area (Å²) in [6, 6.07) is 5.98. The van der Waals surface area contributed by atoms with Crippen molar-refractivity contribution in [3.63, 3.8) is 0 Å². The van der Waals surface area contributed by atoms with Crippen LogP contribution in [0.15, 0.2) is 42.2 Å². The van der Waals surface area contributed by atoms with Gasteiger partial charge in [0.1, 0.15) is 12.4 Å². The molecule has 4 unspecified atom stereocenters. The maximum Gasteiger partial charge on any atom is 0.144 e. The highest BCUT2D eigenvalue weighted by Crippen LogP contribution is 2.40. The van der Waals surface area contributed by atoms with Crippen molar-refractivity contribution in [1.29, 1.82) is 0 Å². The molecule has 0 saturated carbocycles. The number of hydrogen-bond acceptors (Lipinski definition) is 5. The second-order valence-electron chi connectivity index (χ2n) is 7.75. The fourth-order valence-electron chi connectivity index (χ4n) is 4.41. The van der Waals surface area contributed by atoms with Crippen LogP contribution in [0.1, 0.15) is 61.8 Å².